The summed E-state index contributed by atoms with van der Waals surface area (Å²) in [7, 11) is 0. The topological polar surface area (TPSA) is 16.1 Å². The molecule has 1 aliphatic rings. The normalized spacial score (nSPS) is 18.1. The predicted octanol–water partition coefficient (Wildman–Crippen LogP) is 5.07. The van der Waals surface area contributed by atoms with E-state index in [0.29, 0.717) is 6.04 Å². The van der Waals surface area contributed by atoms with Gasteiger partial charge in [0.2, 0.25) is 0 Å². The van der Waals surface area contributed by atoms with Gasteiger partial charge in [0.05, 0.1) is 5.52 Å². The molecule has 1 saturated heterocycles. The zero-order valence-electron chi connectivity index (χ0n) is 14.6. The van der Waals surface area contributed by atoms with Crippen molar-refractivity contribution in [3.05, 3.63) is 66.1 Å². The summed E-state index contributed by atoms with van der Waals surface area (Å²) < 4.78 is 13.1. The van der Waals surface area contributed by atoms with E-state index in [1.165, 1.54) is 31.5 Å². The summed E-state index contributed by atoms with van der Waals surface area (Å²) in [6, 6.07) is 17.9. The van der Waals surface area contributed by atoms with E-state index in [0.717, 1.165) is 40.7 Å². The lowest BCUT2D eigenvalue weighted by Gasteiger charge is -2.20. The number of aromatic nitrogens is 1. The molecule has 0 N–H and O–H groups in total. The van der Waals surface area contributed by atoms with Crippen LogP contribution in [0.5, 0.6) is 0 Å². The molecule has 128 valence electrons. The fourth-order valence-corrected chi connectivity index (χ4v) is 3.71. The molecule has 3 heteroatoms. The third-order valence-electron chi connectivity index (χ3n) is 5.27. The molecule has 0 aliphatic carbocycles. The van der Waals surface area contributed by atoms with E-state index in [1.54, 1.807) is 0 Å². The number of rotatable bonds is 4. The summed E-state index contributed by atoms with van der Waals surface area (Å²) in [6.07, 6.45) is 3.63. The average Bonchev–Trinajstić information content (AvgIpc) is 3.05. The van der Waals surface area contributed by atoms with Crippen LogP contribution in [0.15, 0.2) is 54.6 Å². The van der Waals surface area contributed by atoms with E-state index >= 15 is 0 Å². The second-order valence-corrected chi connectivity index (χ2v) is 6.99. The minimum absolute atomic E-state index is 0.205. The van der Waals surface area contributed by atoms with Crippen molar-refractivity contribution in [3.8, 4) is 11.1 Å². The molecular formula is C22H23FN2. The van der Waals surface area contributed by atoms with Crippen LogP contribution in [0.4, 0.5) is 4.39 Å². The highest BCUT2D eigenvalue weighted by Gasteiger charge is 2.19. The Balaban J connectivity index is 1.53. The van der Waals surface area contributed by atoms with E-state index in [-0.39, 0.29) is 5.82 Å². The van der Waals surface area contributed by atoms with Crippen molar-refractivity contribution in [1.82, 2.24) is 9.88 Å². The van der Waals surface area contributed by atoms with Crippen LogP contribution >= 0.6 is 0 Å². The molecule has 1 aliphatic heterocycles. The van der Waals surface area contributed by atoms with Crippen molar-refractivity contribution in [2.45, 2.75) is 32.2 Å². The number of pyridine rings is 1. The standard InChI is InChI=1S/C22H23FN2/c1-16-3-2-13-25(16)14-12-21-10-6-19-15-18(7-11-22(19)24-21)17-4-8-20(23)9-5-17/h4-11,15-16H,2-3,12-14H2,1H3/t16-/m0/s1. The van der Waals surface area contributed by atoms with Crippen molar-refractivity contribution in [2.24, 2.45) is 0 Å². The molecule has 4 rings (SSSR count). The Bertz CT molecular complexity index is 873. The summed E-state index contributed by atoms with van der Waals surface area (Å²) in [6.45, 7) is 4.63. The minimum atomic E-state index is -0.205. The first-order chi connectivity index (χ1) is 12.2. The van der Waals surface area contributed by atoms with Crippen LogP contribution < -0.4 is 0 Å². The molecule has 0 spiro atoms. The summed E-state index contributed by atoms with van der Waals surface area (Å²) in [5.74, 6) is -0.205. The Morgan fingerprint density at radius 3 is 2.60 bits per heavy atom. The molecule has 0 bridgehead atoms. The molecule has 1 aromatic heterocycles. The van der Waals surface area contributed by atoms with Crippen molar-refractivity contribution in [3.63, 3.8) is 0 Å². The quantitative estimate of drug-likeness (QED) is 0.662. The van der Waals surface area contributed by atoms with Gasteiger partial charge in [-0.25, -0.2) is 4.39 Å². The molecule has 2 aromatic carbocycles. The zero-order valence-corrected chi connectivity index (χ0v) is 14.6. The Labute approximate surface area is 148 Å². The van der Waals surface area contributed by atoms with Crippen LogP contribution in [0.2, 0.25) is 0 Å². The number of benzene rings is 2. The van der Waals surface area contributed by atoms with Gasteiger partial charge in [-0.3, -0.25) is 4.98 Å². The number of likely N-dealkylation sites (tertiary alicyclic amines) is 1. The summed E-state index contributed by atoms with van der Waals surface area (Å²) >= 11 is 0. The van der Waals surface area contributed by atoms with Gasteiger partial charge in [-0.15, -0.1) is 0 Å². The molecule has 25 heavy (non-hydrogen) atoms. The van der Waals surface area contributed by atoms with E-state index in [4.69, 9.17) is 4.98 Å². The number of hydrogen-bond donors (Lipinski definition) is 0. The van der Waals surface area contributed by atoms with Crippen molar-refractivity contribution in [2.75, 3.05) is 13.1 Å². The number of fused-ring (bicyclic) bond motifs is 1. The lowest BCUT2D eigenvalue weighted by molar-refractivity contribution is 0.271. The lowest BCUT2D eigenvalue weighted by Crippen LogP contribution is -2.29. The molecule has 0 radical (unpaired) electrons. The third kappa shape index (κ3) is 3.57. The number of nitrogens with zero attached hydrogens (tertiary/aromatic N) is 2. The Hall–Kier alpha value is -2.26. The summed E-state index contributed by atoms with van der Waals surface area (Å²) in [5, 5.41) is 1.13. The predicted molar refractivity (Wildman–Crippen MR) is 101 cm³/mol. The summed E-state index contributed by atoms with van der Waals surface area (Å²) in [5.41, 5.74) is 4.29. The largest absolute Gasteiger partial charge is 0.300 e. The van der Waals surface area contributed by atoms with E-state index in [9.17, 15) is 4.39 Å². The van der Waals surface area contributed by atoms with Crippen molar-refractivity contribution < 1.29 is 4.39 Å². The van der Waals surface area contributed by atoms with Gasteiger partial charge in [0.25, 0.3) is 0 Å². The third-order valence-corrected chi connectivity index (χ3v) is 5.27. The Morgan fingerprint density at radius 1 is 1.04 bits per heavy atom. The first-order valence-corrected chi connectivity index (χ1v) is 9.09. The molecule has 2 heterocycles. The molecule has 0 amide bonds. The van der Waals surface area contributed by atoms with Gasteiger partial charge < -0.3 is 4.90 Å². The van der Waals surface area contributed by atoms with Crippen LogP contribution in [0.1, 0.15) is 25.5 Å². The van der Waals surface area contributed by atoms with Crippen molar-refractivity contribution >= 4 is 10.9 Å². The van der Waals surface area contributed by atoms with Crippen LogP contribution in [0.3, 0.4) is 0 Å². The van der Waals surface area contributed by atoms with Gasteiger partial charge in [0.15, 0.2) is 0 Å². The smallest absolute Gasteiger partial charge is 0.123 e. The highest BCUT2D eigenvalue weighted by atomic mass is 19.1. The molecule has 1 fully saturated rings. The van der Waals surface area contributed by atoms with E-state index in [2.05, 4.69) is 42.2 Å². The average molecular weight is 334 g/mol. The molecule has 0 unspecified atom stereocenters. The Kier molecular flexibility index (Phi) is 4.50. The van der Waals surface area contributed by atoms with Gasteiger partial charge in [-0.05, 0) is 67.8 Å². The summed E-state index contributed by atoms with van der Waals surface area (Å²) in [4.78, 5) is 7.38. The van der Waals surface area contributed by atoms with Crippen LogP contribution in [-0.2, 0) is 6.42 Å². The monoisotopic (exact) mass is 334 g/mol. The molecule has 2 nitrogen and oxygen atoms in total. The fraction of sp³-hybridized carbons (Fsp3) is 0.318. The highest BCUT2D eigenvalue weighted by molar-refractivity contribution is 5.84. The molecule has 0 saturated carbocycles. The second-order valence-electron chi connectivity index (χ2n) is 6.99. The van der Waals surface area contributed by atoms with Gasteiger partial charge in [-0.1, -0.05) is 24.3 Å². The van der Waals surface area contributed by atoms with Crippen LogP contribution in [0.25, 0.3) is 22.0 Å². The molecule has 1 atom stereocenters. The first-order valence-electron chi connectivity index (χ1n) is 9.09. The number of hydrogen-bond acceptors (Lipinski definition) is 2. The minimum Gasteiger partial charge on any atom is -0.300 e. The maximum Gasteiger partial charge on any atom is 0.123 e. The lowest BCUT2D eigenvalue weighted by atomic mass is 10.0. The highest BCUT2D eigenvalue weighted by Crippen LogP contribution is 2.24. The maximum absolute atomic E-state index is 13.1. The molecule has 3 aromatic rings. The van der Waals surface area contributed by atoms with Gasteiger partial charge in [-0.2, -0.15) is 0 Å². The van der Waals surface area contributed by atoms with Gasteiger partial charge in [0.1, 0.15) is 5.82 Å². The van der Waals surface area contributed by atoms with Gasteiger partial charge >= 0.3 is 0 Å². The van der Waals surface area contributed by atoms with Crippen LogP contribution in [-0.4, -0.2) is 29.0 Å². The zero-order chi connectivity index (χ0) is 17.2. The fourth-order valence-electron chi connectivity index (χ4n) is 3.71. The van der Waals surface area contributed by atoms with E-state index in [1.807, 2.05) is 12.1 Å². The van der Waals surface area contributed by atoms with Crippen molar-refractivity contribution in [1.29, 1.82) is 0 Å². The van der Waals surface area contributed by atoms with E-state index < -0.39 is 0 Å². The molecular weight excluding hydrogens is 311 g/mol. The second kappa shape index (κ2) is 6.93. The Morgan fingerprint density at radius 2 is 1.84 bits per heavy atom. The maximum atomic E-state index is 13.1. The SMILES string of the molecule is C[C@H]1CCCN1CCc1ccc2cc(-c3ccc(F)cc3)ccc2n1. The van der Waals surface area contributed by atoms with Crippen LogP contribution in [0, 0.1) is 5.82 Å². The number of halogens is 1. The first kappa shape index (κ1) is 16.2. The van der Waals surface area contributed by atoms with Gasteiger partial charge in [0, 0.05) is 30.1 Å².